The Morgan fingerprint density at radius 1 is 1.47 bits per heavy atom. The number of carboxylic acid groups (broad SMARTS) is 2. The van der Waals surface area contributed by atoms with Crippen LogP contribution < -0.4 is 0 Å². The summed E-state index contributed by atoms with van der Waals surface area (Å²) in [5, 5.41) is 17.5. The summed E-state index contributed by atoms with van der Waals surface area (Å²) >= 11 is 0. The van der Waals surface area contributed by atoms with Crippen molar-refractivity contribution in [1.82, 2.24) is 0 Å². The summed E-state index contributed by atoms with van der Waals surface area (Å²) in [6.45, 7) is 1.89. The SMILES string of the molecule is Cc1ccc(C(CC(=[18O])[18OH])C(=O)O)cc1. The fourth-order valence-electron chi connectivity index (χ4n) is 1.32. The van der Waals surface area contributed by atoms with E-state index in [1.165, 1.54) is 0 Å². The minimum Gasteiger partial charge on any atom is -0.481 e. The van der Waals surface area contributed by atoms with Crippen molar-refractivity contribution in [1.29, 1.82) is 0 Å². The fraction of sp³-hybridized carbons (Fsp3) is 0.273. The molecule has 0 aliphatic heterocycles. The van der Waals surface area contributed by atoms with Crippen molar-refractivity contribution in [3.8, 4) is 0 Å². The summed E-state index contributed by atoms with van der Waals surface area (Å²) in [7, 11) is 0. The molecule has 1 atom stereocenters. The number of hydrogen-bond donors (Lipinski definition) is 2. The van der Waals surface area contributed by atoms with E-state index < -0.39 is 24.3 Å². The van der Waals surface area contributed by atoms with E-state index in [0.29, 0.717) is 5.56 Å². The molecule has 0 aliphatic rings. The van der Waals surface area contributed by atoms with Crippen LogP contribution in [0.4, 0.5) is 0 Å². The van der Waals surface area contributed by atoms with Crippen LogP contribution in [0.3, 0.4) is 0 Å². The van der Waals surface area contributed by atoms with Crippen LogP contribution in [0.2, 0.25) is 0 Å². The highest BCUT2D eigenvalue weighted by atomic mass is 18.2. The Hall–Kier alpha value is -1.84. The predicted molar refractivity (Wildman–Crippen MR) is 53.8 cm³/mol. The van der Waals surface area contributed by atoms with Crippen molar-refractivity contribution in [2.75, 3.05) is 0 Å². The van der Waals surface area contributed by atoms with E-state index in [1.54, 1.807) is 24.3 Å². The molecule has 0 saturated carbocycles. The van der Waals surface area contributed by atoms with Gasteiger partial charge >= 0.3 is 11.9 Å². The summed E-state index contributed by atoms with van der Waals surface area (Å²) < 4.78 is 0. The average molecular weight is 212 g/mol. The molecule has 0 aliphatic carbocycles. The molecule has 1 aromatic rings. The first-order valence-corrected chi connectivity index (χ1v) is 4.52. The van der Waals surface area contributed by atoms with E-state index in [0.717, 1.165) is 5.56 Å². The zero-order valence-electron chi connectivity index (χ0n) is 8.30. The van der Waals surface area contributed by atoms with Gasteiger partial charge < -0.3 is 10.2 Å². The van der Waals surface area contributed by atoms with Gasteiger partial charge in [-0.1, -0.05) is 29.8 Å². The van der Waals surface area contributed by atoms with E-state index >= 15 is 0 Å². The second kappa shape index (κ2) is 4.59. The van der Waals surface area contributed by atoms with E-state index in [1.807, 2.05) is 6.92 Å². The highest BCUT2D eigenvalue weighted by Gasteiger charge is 2.22. The molecule has 0 fully saturated rings. The van der Waals surface area contributed by atoms with Gasteiger partial charge in [-0.25, -0.2) is 0 Å². The van der Waals surface area contributed by atoms with Crippen LogP contribution in [0.15, 0.2) is 24.3 Å². The topological polar surface area (TPSA) is 74.6 Å². The number of aliphatic carboxylic acids is 2. The number of benzene rings is 1. The lowest BCUT2D eigenvalue weighted by Crippen LogP contribution is -2.15. The number of hydrogen-bond acceptors (Lipinski definition) is 2. The van der Waals surface area contributed by atoms with Gasteiger partial charge in [0.2, 0.25) is 0 Å². The molecule has 0 bridgehead atoms. The zero-order valence-corrected chi connectivity index (χ0v) is 8.30. The molecule has 1 aromatic carbocycles. The van der Waals surface area contributed by atoms with Crippen LogP contribution in [0.5, 0.6) is 0 Å². The smallest absolute Gasteiger partial charge is 0.311 e. The summed E-state index contributed by atoms with van der Waals surface area (Å²) in [6, 6.07) is 6.84. The fourth-order valence-corrected chi connectivity index (χ4v) is 1.32. The van der Waals surface area contributed by atoms with E-state index in [4.69, 9.17) is 10.2 Å². The molecule has 1 unspecified atom stereocenters. The molecular formula is C11H12O4. The Morgan fingerprint density at radius 2 is 2.00 bits per heavy atom. The minimum absolute atomic E-state index is 0.390. The molecule has 0 heterocycles. The molecule has 15 heavy (non-hydrogen) atoms. The first-order chi connectivity index (χ1) is 7.00. The maximum Gasteiger partial charge on any atom is 0.311 e. The number of aryl methyl sites for hydroxylation is 1. The Kier molecular flexibility index (Phi) is 3.44. The first kappa shape index (κ1) is 11.2. The third kappa shape index (κ3) is 3.09. The highest BCUT2D eigenvalue weighted by Crippen LogP contribution is 2.20. The molecule has 2 N–H and O–H groups in total. The third-order valence-corrected chi connectivity index (χ3v) is 2.16. The summed E-state index contributed by atoms with van der Waals surface area (Å²) in [6.07, 6.45) is -0.390. The van der Waals surface area contributed by atoms with Crippen LogP contribution in [0.25, 0.3) is 0 Å². The molecule has 4 nitrogen and oxygen atoms in total. The molecule has 0 saturated heterocycles. The minimum atomic E-state index is -1.11. The molecule has 80 valence electrons. The van der Waals surface area contributed by atoms with Crippen molar-refractivity contribution in [3.63, 3.8) is 0 Å². The Bertz CT molecular complexity index is 367. The predicted octanol–water partition coefficient (Wildman–Crippen LogP) is 1.64. The van der Waals surface area contributed by atoms with E-state index in [-0.39, 0.29) is 0 Å². The van der Waals surface area contributed by atoms with Gasteiger partial charge in [-0.2, -0.15) is 0 Å². The first-order valence-electron chi connectivity index (χ1n) is 4.52. The summed E-state index contributed by atoms with van der Waals surface area (Å²) in [5.41, 5.74) is 1.54. The zero-order chi connectivity index (χ0) is 11.4. The van der Waals surface area contributed by atoms with Gasteiger partial charge in [-0.15, -0.1) is 0 Å². The lowest BCUT2D eigenvalue weighted by atomic mass is 9.95. The van der Waals surface area contributed by atoms with Gasteiger partial charge in [-0.05, 0) is 12.5 Å². The van der Waals surface area contributed by atoms with Gasteiger partial charge in [0.05, 0.1) is 12.3 Å². The second-order valence-electron chi connectivity index (χ2n) is 3.40. The quantitative estimate of drug-likeness (QED) is 0.744. The summed E-state index contributed by atoms with van der Waals surface area (Å²) in [5.74, 6) is -3.19. The monoisotopic (exact) mass is 212 g/mol. The number of carbonyl (C=O) groups is 2. The molecule has 1 rings (SSSR count). The Balaban J connectivity index is 2.94. The lowest BCUT2D eigenvalue weighted by molar-refractivity contribution is -0.145. The van der Waals surface area contributed by atoms with E-state index in [2.05, 4.69) is 0 Å². The third-order valence-electron chi connectivity index (χ3n) is 2.16. The summed E-state index contributed by atoms with van der Waals surface area (Å²) in [4.78, 5) is 21.3. The van der Waals surface area contributed by atoms with E-state index in [9.17, 15) is 9.59 Å². The Labute approximate surface area is 87.2 Å². The van der Waals surface area contributed by atoms with Crippen molar-refractivity contribution >= 4 is 11.9 Å². The van der Waals surface area contributed by atoms with Gasteiger partial charge in [0.15, 0.2) is 0 Å². The van der Waals surface area contributed by atoms with Gasteiger partial charge in [-0.3, -0.25) is 9.59 Å². The molecule has 4 heteroatoms. The Morgan fingerprint density at radius 3 is 2.40 bits per heavy atom. The standard InChI is InChI=1S/C11H12O4/c1-7-2-4-8(5-3-7)9(11(14)15)6-10(12)13/h2-5,9H,6H2,1H3,(H,12,13)(H,14,15)/i12+2,13+2. The maximum atomic E-state index is 10.9. The second-order valence-corrected chi connectivity index (χ2v) is 3.40. The van der Waals surface area contributed by atoms with Gasteiger partial charge in [0.1, 0.15) is 0 Å². The van der Waals surface area contributed by atoms with Crippen LogP contribution in [0, 0.1) is 6.92 Å². The molecule has 0 aromatic heterocycles. The van der Waals surface area contributed by atoms with Gasteiger partial charge in [0, 0.05) is 0 Å². The van der Waals surface area contributed by atoms with Crippen LogP contribution >= 0.6 is 0 Å². The molecule has 0 spiro atoms. The molecule has 0 amide bonds. The normalized spacial score (nSPS) is 12.1. The van der Waals surface area contributed by atoms with Crippen molar-refractivity contribution < 1.29 is 19.8 Å². The lowest BCUT2D eigenvalue weighted by Gasteiger charge is -2.10. The number of carboxylic acids is 2. The number of rotatable bonds is 4. The molecular weight excluding hydrogens is 200 g/mol. The largest absolute Gasteiger partial charge is 0.481 e. The van der Waals surface area contributed by atoms with Gasteiger partial charge in [0.25, 0.3) is 0 Å². The highest BCUT2D eigenvalue weighted by molar-refractivity contribution is 5.82. The van der Waals surface area contributed by atoms with Crippen molar-refractivity contribution in [2.45, 2.75) is 19.3 Å². The van der Waals surface area contributed by atoms with Crippen molar-refractivity contribution in [2.24, 2.45) is 0 Å². The van der Waals surface area contributed by atoms with Crippen LogP contribution in [-0.4, -0.2) is 22.2 Å². The molecule has 0 radical (unpaired) electrons. The average Bonchev–Trinajstić information content (AvgIpc) is 2.15. The van der Waals surface area contributed by atoms with Crippen LogP contribution in [-0.2, 0) is 9.59 Å². The van der Waals surface area contributed by atoms with Crippen molar-refractivity contribution in [3.05, 3.63) is 35.4 Å². The maximum absolute atomic E-state index is 10.9. The van der Waals surface area contributed by atoms with Crippen LogP contribution in [0.1, 0.15) is 23.5 Å².